The quantitative estimate of drug-likeness (QED) is 0.547. The Balaban J connectivity index is 3.84. The minimum absolute atomic E-state index is 0.292. The molecule has 0 aromatic carbocycles. The molecule has 0 radical (unpaired) electrons. The molecule has 16 heavy (non-hydrogen) atoms. The van der Waals surface area contributed by atoms with Crippen molar-refractivity contribution in [3.05, 3.63) is 0 Å². The van der Waals surface area contributed by atoms with Gasteiger partial charge < -0.3 is 5.73 Å². The average molecular weight is 227 g/mol. The summed E-state index contributed by atoms with van der Waals surface area (Å²) in [5.41, 5.74) is 5.45. The third kappa shape index (κ3) is 7.86. The van der Waals surface area contributed by atoms with Crippen molar-refractivity contribution in [3.63, 3.8) is 0 Å². The van der Waals surface area contributed by atoms with Crippen LogP contribution in [0, 0.1) is 5.92 Å². The molecule has 96 valence electrons. The number of rotatable bonds is 11. The molecule has 0 heterocycles. The van der Waals surface area contributed by atoms with Crippen LogP contribution in [-0.2, 0) is 4.79 Å². The summed E-state index contributed by atoms with van der Waals surface area (Å²) < 4.78 is 0. The molecular formula is C14H29NO. The predicted octanol–water partition coefficient (Wildman–Crippen LogP) is 3.68. The smallest absolute Gasteiger partial charge is 0.137 e. The van der Waals surface area contributed by atoms with Crippen molar-refractivity contribution in [2.45, 2.75) is 71.6 Å². The van der Waals surface area contributed by atoms with E-state index in [0.717, 1.165) is 12.8 Å². The van der Waals surface area contributed by atoms with Crippen LogP contribution in [-0.4, -0.2) is 12.3 Å². The minimum Gasteiger partial charge on any atom is -0.330 e. The van der Waals surface area contributed by atoms with Gasteiger partial charge in [-0.25, -0.2) is 0 Å². The second-order valence-corrected chi connectivity index (χ2v) is 4.69. The zero-order valence-corrected chi connectivity index (χ0v) is 11.1. The zero-order valence-electron chi connectivity index (χ0n) is 11.1. The van der Waals surface area contributed by atoms with Crippen LogP contribution >= 0.6 is 0 Å². The summed E-state index contributed by atoms with van der Waals surface area (Å²) in [5.74, 6) is 0.688. The van der Waals surface area contributed by atoms with E-state index in [2.05, 4.69) is 13.8 Å². The molecule has 0 aliphatic carbocycles. The Kier molecular flexibility index (Phi) is 10.9. The molecule has 0 aliphatic rings. The normalized spacial score (nSPS) is 12.7. The van der Waals surface area contributed by atoms with Crippen molar-refractivity contribution in [2.75, 3.05) is 6.54 Å². The number of unbranched alkanes of at least 4 members (excludes halogenated alkanes) is 4. The molecule has 0 saturated heterocycles. The van der Waals surface area contributed by atoms with Gasteiger partial charge in [-0.1, -0.05) is 52.4 Å². The van der Waals surface area contributed by atoms with Gasteiger partial charge in [0.2, 0.25) is 0 Å². The summed E-state index contributed by atoms with van der Waals surface area (Å²) >= 11 is 0. The first-order valence-electron chi connectivity index (χ1n) is 6.99. The summed E-state index contributed by atoms with van der Waals surface area (Å²) in [6, 6.07) is 0. The lowest BCUT2D eigenvalue weighted by molar-refractivity contribution is -0.123. The van der Waals surface area contributed by atoms with E-state index in [1.165, 1.54) is 38.5 Å². The van der Waals surface area contributed by atoms with Crippen LogP contribution in [0.5, 0.6) is 0 Å². The molecule has 0 aromatic heterocycles. The monoisotopic (exact) mass is 227 g/mol. The highest BCUT2D eigenvalue weighted by Gasteiger charge is 2.16. The Hall–Kier alpha value is -0.370. The fourth-order valence-electron chi connectivity index (χ4n) is 2.08. The SMILES string of the molecule is CCCCCCC(CCCC)C(=O)CCN. The maximum Gasteiger partial charge on any atom is 0.137 e. The van der Waals surface area contributed by atoms with E-state index in [9.17, 15) is 4.79 Å². The summed E-state index contributed by atoms with van der Waals surface area (Å²) in [6.45, 7) is 4.91. The molecule has 0 aliphatic heterocycles. The van der Waals surface area contributed by atoms with Crippen molar-refractivity contribution in [1.82, 2.24) is 0 Å². The standard InChI is InChI=1S/C14H29NO/c1-3-5-7-8-10-13(9-6-4-2)14(16)11-12-15/h13H,3-12,15H2,1-2H3. The van der Waals surface area contributed by atoms with Gasteiger partial charge in [-0.15, -0.1) is 0 Å². The van der Waals surface area contributed by atoms with Crippen molar-refractivity contribution < 1.29 is 4.79 Å². The molecule has 2 N–H and O–H groups in total. The molecule has 0 bridgehead atoms. The summed E-state index contributed by atoms with van der Waals surface area (Å²) in [6.07, 6.45) is 10.1. The van der Waals surface area contributed by atoms with Gasteiger partial charge in [-0.2, -0.15) is 0 Å². The Morgan fingerprint density at radius 3 is 2.19 bits per heavy atom. The first-order chi connectivity index (χ1) is 7.76. The lowest BCUT2D eigenvalue weighted by Crippen LogP contribution is -2.18. The molecule has 0 spiro atoms. The zero-order chi connectivity index (χ0) is 12.2. The summed E-state index contributed by atoms with van der Waals surface area (Å²) in [5, 5.41) is 0. The highest BCUT2D eigenvalue weighted by atomic mass is 16.1. The molecular weight excluding hydrogens is 198 g/mol. The first kappa shape index (κ1) is 15.6. The Bertz CT molecular complexity index is 168. The second kappa shape index (κ2) is 11.1. The van der Waals surface area contributed by atoms with Gasteiger partial charge in [-0.05, 0) is 19.4 Å². The maximum absolute atomic E-state index is 11.8. The van der Waals surface area contributed by atoms with Gasteiger partial charge in [0, 0.05) is 12.3 Å². The van der Waals surface area contributed by atoms with Crippen LogP contribution in [0.1, 0.15) is 71.6 Å². The molecule has 2 heteroatoms. The topological polar surface area (TPSA) is 43.1 Å². The van der Waals surface area contributed by atoms with Crippen molar-refractivity contribution in [3.8, 4) is 0 Å². The van der Waals surface area contributed by atoms with Gasteiger partial charge in [0.05, 0.1) is 0 Å². The van der Waals surface area contributed by atoms with Crippen LogP contribution in [0.25, 0.3) is 0 Å². The Morgan fingerprint density at radius 1 is 1.00 bits per heavy atom. The first-order valence-corrected chi connectivity index (χ1v) is 6.99. The van der Waals surface area contributed by atoms with E-state index in [1.54, 1.807) is 0 Å². The highest BCUT2D eigenvalue weighted by molar-refractivity contribution is 5.81. The highest BCUT2D eigenvalue weighted by Crippen LogP contribution is 2.19. The van der Waals surface area contributed by atoms with Crippen molar-refractivity contribution in [1.29, 1.82) is 0 Å². The fourth-order valence-corrected chi connectivity index (χ4v) is 2.08. The minimum atomic E-state index is 0.292. The molecule has 0 amide bonds. The maximum atomic E-state index is 11.8. The number of Topliss-reactive ketones (excluding diaryl/α,β-unsaturated/α-hetero) is 1. The van der Waals surface area contributed by atoms with Crippen LogP contribution in [0.2, 0.25) is 0 Å². The van der Waals surface area contributed by atoms with Crippen LogP contribution in [0.4, 0.5) is 0 Å². The molecule has 0 fully saturated rings. The van der Waals surface area contributed by atoms with Gasteiger partial charge in [0.1, 0.15) is 5.78 Å². The van der Waals surface area contributed by atoms with E-state index in [1.807, 2.05) is 0 Å². The molecule has 1 atom stereocenters. The van der Waals surface area contributed by atoms with Crippen LogP contribution < -0.4 is 5.73 Å². The molecule has 1 unspecified atom stereocenters. The Labute approximate surface area is 101 Å². The van der Waals surface area contributed by atoms with Gasteiger partial charge in [-0.3, -0.25) is 4.79 Å². The fraction of sp³-hybridized carbons (Fsp3) is 0.929. The number of ketones is 1. The van der Waals surface area contributed by atoms with Gasteiger partial charge >= 0.3 is 0 Å². The third-order valence-electron chi connectivity index (χ3n) is 3.16. The number of nitrogens with two attached hydrogens (primary N) is 1. The lowest BCUT2D eigenvalue weighted by atomic mass is 9.90. The largest absolute Gasteiger partial charge is 0.330 e. The van der Waals surface area contributed by atoms with Gasteiger partial charge in [0.15, 0.2) is 0 Å². The van der Waals surface area contributed by atoms with E-state index in [0.29, 0.717) is 24.7 Å². The number of hydrogen-bond acceptors (Lipinski definition) is 2. The number of carbonyl (C=O) groups is 1. The molecule has 0 rings (SSSR count). The van der Waals surface area contributed by atoms with Crippen molar-refractivity contribution >= 4 is 5.78 Å². The van der Waals surface area contributed by atoms with E-state index in [-0.39, 0.29) is 0 Å². The van der Waals surface area contributed by atoms with E-state index >= 15 is 0 Å². The summed E-state index contributed by atoms with van der Waals surface area (Å²) in [4.78, 5) is 11.8. The summed E-state index contributed by atoms with van der Waals surface area (Å²) in [7, 11) is 0. The van der Waals surface area contributed by atoms with Crippen LogP contribution in [0.15, 0.2) is 0 Å². The van der Waals surface area contributed by atoms with E-state index in [4.69, 9.17) is 5.73 Å². The predicted molar refractivity (Wildman–Crippen MR) is 70.5 cm³/mol. The Morgan fingerprint density at radius 2 is 1.62 bits per heavy atom. The van der Waals surface area contributed by atoms with E-state index < -0.39 is 0 Å². The third-order valence-corrected chi connectivity index (χ3v) is 3.16. The lowest BCUT2D eigenvalue weighted by Gasteiger charge is -2.14. The van der Waals surface area contributed by atoms with Crippen molar-refractivity contribution in [2.24, 2.45) is 11.7 Å². The van der Waals surface area contributed by atoms with Gasteiger partial charge in [0.25, 0.3) is 0 Å². The molecule has 0 saturated carbocycles. The number of carbonyl (C=O) groups excluding carboxylic acids is 1. The average Bonchev–Trinajstić information content (AvgIpc) is 2.28. The molecule has 2 nitrogen and oxygen atoms in total. The van der Waals surface area contributed by atoms with Crippen LogP contribution in [0.3, 0.4) is 0 Å². The molecule has 0 aromatic rings. The number of hydrogen-bond donors (Lipinski definition) is 1. The second-order valence-electron chi connectivity index (χ2n) is 4.69.